The smallest absolute Gasteiger partial charge is 0.307 e. The maximum atomic E-state index is 10.7. The van der Waals surface area contributed by atoms with Gasteiger partial charge in [-0.05, 0) is 36.2 Å². The standard InChI is InChI=1S/C18H21NO2/c1-14-5-3-4-6-17(14)13-19(2)12-16-9-7-15(8-10-16)11-18(20)21/h3-10H,11-13H2,1-2H3,(H,20,21). The zero-order valence-electron chi connectivity index (χ0n) is 12.5. The van der Waals surface area contributed by atoms with Gasteiger partial charge in [-0.1, -0.05) is 48.5 Å². The Morgan fingerprint density at radius 3 is 2.24 bits per heavy atom. The van der Waals surface area contributed by atoms with Gasteiger partial charge in [0.25, 0.3) is 0 Å². The van der Waals surface area contributed by atoms with Gasteiger partial charge >= 0.3 is 5.97 Å². The molecule has 0 aliphatic rings. The van der Waals surface area contributed by atoms with E-state index in [0.29, 0.717) is 0 Å². The second kappa shape index (κ2) is 7.04. The van der Waals surface area contributed by atoms with Crippen LogP contribution in [0.1, 0.15) is 22.3 Å². The van der Waals surface area contributed by atoms with Crippen molar-refractivity contribution in [2.75, 3.05) is 7.05 Å². The molecule has 0 unspecified atom stereocenters. The molecule has 2 rings (SSSR count). The van der Waals surface area contributed by atoms with Crippen molar-refractivity contribution in [3.8, 4) is 0 Å². The van der Waals surface area contributed by atoms with E-state index >= 15 is 0 Å². The van der Waals surface area contributed by atoms with E-state index in [4.69, 9.17) is 5.11 Å². The van der Waals surface area contributed by atoms with Crippen molar-refractivity contribution in [1.82, 2.24) is 4.90 Å². The summed E-state index contributed by atoms with van der Waals surface area (Å²) < 4.78 is 0. The summed E-state index contributed by atoms with van der Waals surface area (Å²) in [4.78, 5) is 12.9. The molecule has 0 saturated carbocycles. The first-order valence-electron chi connectivity index (χ1n) is 7.07. The van der Waals surface area contributed by atoms with Crippen LogP contribution in [0.4, 0.5) is 0 Å². The van der Waals surface area contributed by atoms with Gasteiger partial charge in [0.1, 0.15) is 0 Å². The van der Waals surface area contributed by atoms with Crippen LogP contribution in [0, 0.1) is 6.92 Å². The van der Waals surface area contributed by atoms with Crippen LogP contribution in [-0.2, 0) is 24.3 Å². The van der Waals surface area contributed by atoms with Gasteiger partial charge in [0.15, 0.2) is 0 Å². The first-order chi connectivity index (χ1) is 10.0. The molecule has 0 saturated heterocycles. The van der Waals surface area contributed by atoms with E-state index in [-0.39, 0.29) is 6.42 Å². The zero-order chi connectivity index (χ0) is 15.2. The van der Waals surface area contributed by atoms with E-state index in [1.165, 1.54) is 16.7 Å². The molecule has 0 aliphatic carbocycles. The summed E-state index contributed by atoms with van der Waals surface area (Å²) in [5.41, 5.74) is 4.68. The number of nitrogens with zero attached hydrogens (tertiary/aromatic N) is 1. The van der Waals surface area contributed by atoms with Crippen LogP contribution >= 0.6 is 0 Å². The third-order valence-corrected chi connectivity index (χ3v) is 3.53. The number of rotatable bonds is 6. The summed E-state index contributed by atoms with van der Waals surface area (Å²) >= 11 is 0. The van der Waals surface area contributed by atoms with Crippen molar-refractivity contribution in [1.29, 1.82) is 0 Å². The summed E-state index contributed by atoms with van der Waals surface area (Å²) in [6, 6.07) is 16.2. The van der Waals surface area contributed by atoms with E-state index in [0.717, 1.165) is 18.7 Å². The predicted molar refractivity (Wildman–Crippen MR) is 84.1 cm³/mol. The fraction of sp³-hybridized carbons (Fsp3) is 0.278. The second-order valence-electron chi connectivity index (χ2n) is 5.49. The molecule has 1 N–H and O–H groups in total. The SMILES string of the molecule is Cc1ccccc1CN(C)Cc1ccc(CC(=O)O)cc1. The van der Waals surface area contributed by atoms with E-state index in [1.54, 1.807) is 0 Å². The first kappa shape index (κ1) is 15.3. The van der Waals surface area contributed by atoms with Gasteiger partial charge in [-0.3, -0.25) is 9.69 Å². The van der Waals surface area contributed by atoms with Gasteiger partial charge < -0.3 is 5.11 Å². The summed E-state index contributed by atoms with van der Waals surface area (Å²) in [6.45, 7) is 3.88. The molecule has 21 heavy (non-hydrogen) atoms. The van der Waals surface area contributed by atoms with Crippen LogP contribution in [0.25, 0.3) is 0 Å². The van der Waals surface area contributed by atoms with Gasteiger partial charge in [-0.15, -0.1) is 0 Å². The minimum atomic E-state index is -0.792. The van der Waals surface area contributed by atoms with E-state index < -0.39 is 5.97 Å². The molecule has 2 aromatic rings. The molecule has 0 fully saturated rings. The lowest BCUT2D eigenvalue weighted by molar-refractivity contribution is -0.136. The Bertz CT molecular complexity index is 605. The zero-order valence-corrected chi connectivity index (χ0v) is 12.5. The van der Waals surface area contributed by atoms with E-state index in [1.807, 2.05) is 24.3 Å². The fourth-order valence-corrected chi connectivity index (χ4v) is 2.38. The minimum Gasteiger partial charge on any atom is -0.481 e. The van der Waals surface area contributed by atoms with Gasteiger partial charge in [0, 0.05) is 13.1 Å². The molecule has 0 radical (unpaired) electrons. The molecule has 110 valence electrons. The number of hydrogen-bond donors (Lipinski definition) is 1. The molecule has 0 heterocycles. The van der Waals surface area contributed by atoms with Crippen LogP contribution < -0.4 is 0 Å². The fourth-order valence-electron chi connectivity index (χ4n) is 2.38. The minimum absolute atomic E-state index is 0.0827. The lowest BCUT2D eigenvalue weighted by Crippen LogP contribution is -2.17. The number of carboxylic acids is 1. The number of carbonyl (C=O) groups is 1. The van der Waals surface area contributed by atoms with Crippen LogP contribution in [0.3, 0.4) is 0 Å². The highest BCUT2D eigenvalue weighted by Crippen LogP contribution is 2.12. The highest BCUT2D eigenvalue weighted by atomic mass is 16.4. The van der Waals surface area contributed by atoms with Crippen molar-refractivity contribution in [3.63, 3.8) is 0 Å². The highest BCUT2D eigenvalue weighted by Gasteiger charge is 2.05. The number of aliphatic carboxylic acids is 1. The molecule has 0 amide bonds. The summed E-state index contributed by atoms with van der Waals surface area (Å²) in [5.74, 6) is -0.792. The third-order valence-electron chi connectivity index (χ3n) is 3.53. The Kier molecular flexibility index (Phi) is 5.12. The Hall–Kier alpha value is -2.13. The normalized spacial score (nSPS) is 10.8. The number of benzene rings is 2. The van der Waals surface area contributed by atoms with Gasteiger partial charge in [0.2, 0.25) is 0 Å². The van der Waals surface area contributed by atoms with Crippen molar-refractivity contribution in [3.05, 3.63) is 70.8 Å². The van der Waals surface area contributed by atoms with Gasteiger partial charge in [-0.25, -0.2) is 0 Å². The lowest BCUT2D eigenvalue weighted by atomic mass is 10.1. The number of aryl methyl sites for hydroxylation is 1. The Balaban J connectivity index is 1.95. The van der Waals surface area contributed by atoms with Crippen LogP contribution in [0.5, 0.6) is 0 Å². The second-order valence-corrected chi connectivity index (χ2v) is 5.49. The average molecular weight is 283 g/mol. The molecule has 2 aromatic carbocycles. The first-order valence-corrected chi connectivity index (χ1v) is 7.07. The summed E-state index contributed by atoms with van der Waals surface area (Å²) in [5, 5.41) is 8.76. The van der Waals surface area contributed by atoms with Crippen molar-refractivity contribution >= 4 is 5.97 Å². The molecule has 0 bridgehead atoms. The maximum absolute atomic E-state index is 10.7. The predicted octanol–water partition coefficient (Wildman–Crippen LogP) is 3.25. The molecular weight excluding hydrogens is 262 g/mol. The Morgan fingerprint density at radius 2 is 1.62 bits per heavy atom. The molecular formula is C18H21NO2. The van der Waals surface area contributed by atoms with Crippen molar-refractivity contribution in [2.24, 2.45) is 0 Å². The largest absolute Gasteiger partial charge is 0.481 e. The monoisotopic (exact) mass is 283 g/mol. The molecule has 0 aliphatic heterocycles. The average Bonchev–Trinajstić information content (AvgIpc) is 2.43. The molecule has 0 aromatic heterocycles. The molecule has 3 nitrogen and oxygen atoms in total. The molecule has 0 spiro atoms. The quantitative estimate of drug-likeness (QED) is 0.884. The number of hydrogen-bond acceptors (Lipinski definition) is 2. The van der Waals surface area contributed by atoms with Gasteiger partial charge in [-0.2, -0.15) is 0 Å². The summed E-state index contributed by atoms with van der Waals surface area (Å²) in [7, 11) is 2.09. The van der Waals surface area contributed by atoms with Crippen molar-refractivity contribution in [2.45, 2.75) is 26.4 Å². The van der Waals surface area contributed by atoms with E-state index in [9.17, 15) is 4.79 Å². The number of carboxylic acid groups (broad SMARTS) is 1. The van der Waals surface area contributed by atoms with Crippen LogP contribution in [0.2, 0.25) is 0 Å². The Morgan fingerprint density at radius 1 is 1.00 bits per heavy atom. The van der Waals surface area contributed by atoms with Crippen LogP contribution in [-0.4, -0.2) is 23.0 Å². The third kappa shape index (κ3) is 4.72. The van der Waals surface area contributed by atoms with Gasteiger partial charge in [0.05, 0.1) is 6.42 Å². The van der Waals surface area contributed by atoms with Crippen LogP contribution in [0.15, 0.2) is 48.5 Å². The molecule has 3 heteroatoms. The van der Waals surface area contributed by atoms with Crippen molar-refractivity contribution < 1.29 is 9.90 Å². The maximum Gasteiger partial charge on any atom is 0.307 e. The summed E-state index contributed by atoms with van der Waals surface area (Å²) in [6.07, 6.45) is 0.0827. The Labute approximate surface area is 125 Å². The molecule has 0 atom stereocenters. The van der Waals surface area contributed by atoms with E-state index in [2.05, 4.69) is 43.1 Å². The highest BCUT2D eigenvalue weighted by molar-refractivity contribution is 5.70. The topological polar surface area (TPSA) is 40.5 Å². The lowest BCUT2D eigenvalue weighted by Gasteiger charge is -2.18.